The number of hydrogen-bond acceptors (Lipinski definition) is 2. The van der Waals surface area contributed by atoms with Crippen molar-refractivity contribution >= 4 is 21.8 Å². The van der Waals surface area contributed by atoms with Gasteiger partial charge in [-0.05, 0) is 35.2 Å². The van der Waals surface area contributed by atoms with Crippen molar-refractivity contribution in [3.05, 3.63) is 16.9 Å². The summed E-state index contributed by atoms with van der Waals surface area (Å²) in [6.45, 7) is 7.15. The van der Waals surface area contributed by atoms with E-state index in [4.69, 9.17) is 0 Å². The lowest BCUT2D eigenvalue weighted by Gasteiger charge is -2.14. The molecule has 0 saturated heterocycles. The predicted octanol–water partition coefficient (Wildman–Crippen LogP) is 3.37. The third kappa shape index (κ3) is 7.35. The lowest BCUT2D eigenvalue weighted by molar-refractivity contribution is -0.122. The fourth-order valence-electron chi connectivity index (χ4n) is 1.93. The molecule has 4 nitrogen and oxygen atoms in total. The third-order valence-corrected chi connectivity index (χ3v) is 3.41. The summed E-state index contributed by atoms with van der Waals surface area (Å²) in [6, 6.07) is 0.260. The minimum Gasteiger partial charge on any atom is -0.354 e. The van der Waals surface area contributed by atoms with E-state index >= 15 is 0 Å². The van der Waals surface area contributed by atoms with Crippen LogP contribution in [0, 0.1) is 5.92 Å². The maximum atomic E-state index is 11.8. The van der Waals surface area contributed by atoms with E-state index in [0.29, 0.717) is 13.0 Å². The van der Waals surface area contributed by atoms with Crippen molar-refractivity contribution < 1.29 is 4.79 Å². The largest absolute Gasteiger partial charge is 0.354 e. The first-order chi connectivity index (χ1) is 8.97. The van der Waals surface area contributed by atoms with E-state index in [1.54, 1.807) is 10.9 Å². The molecule has 0 aliphatic rings. The van der Waals surface area contributed by atoms with Gasteiger partial charge in [-0.25, -0.2) is 0 Å². The van der Waals surface area contributed by atoms with Crippen LogP contribution in [-0.4, -0.2) is 21.7 Å². The Balaban J connectivity index is 2.16. The maximum absolute atomic E-state index is 11.8. The Morgan fingerprint density at radius 1 is 1.42 bits per heavy atom. The molecule has 0 aliphatic heterocycles. The zero-order chi connectivity index (χ0) is 14.3. The summed E-state index contributed by atoms with van der Waals surface area (Å²) in [5.74, 6) is 0.838. The monoisotopic (exact) mass is 329 g/mol. The Kier molecular flexibility index (Phi) is 7.13. The summed E-state index contributed by atoms with van der Waals surface area (Å²) in [5, 5.41) is 7.16. The summed E-state index contributed by atoms with van der Waals surface area (Å²) in [6.07, 6.45) is 7.53. The highest BCUT2D eigenvalue weighted by molar-refractivity contribution is 9.10. The average Bonchev–Trinajstić information content (AvgIpc) is 2.72. The van der Waals surface area contributed by atoms with Crippen LogP contribution in [0.1, 0.15) is 46.5 Å². The molecule has 108 valence electrons. The molecule has 1 aromatic heterocycles. The molecule has 0 radical (unpaired) electrons. The minimum atomic E-state index is 0.101. The number of hydrogen-bond donors (Lipinski definition) is 1. The number of nitrogens with one attached hydrogen (secondary N) is 1. The highest BCUT2D eigenvalue weighted by Crippen LogP contribution is 2.09. The Morgan fingerprint density at radius 3 is 2.74 bits per heavy atom. The molecule has 19 heavy (non-hydrogen) atoms. The van der Waals surface area contributed by atoms with Gasteiger partial charge in [0.05, 0.1) is 10.7 Å². The van der Waals surface area contributed by atoms with Crippen molar-refractivity contribution in [2.24, 2.45) is 5.92 Å². The summed E-state index contributed by atoms with van der Waals surface area (Å²) < 4.78 is 2.71. The van der Waals surface area contributed by atoms with Gasteiger partial charge in [0.1, 0.15) is 0 Å². The van der Waals surface area contributed by atoms with Gasteiger partial charge < -0.3 is 5.32 Å². The van der Waals surface area contributed by atoms with E-state index in [1.807, 2.05) is 6.20 Å². The van der Waals surface area contributed by atoms with Gasteiger partial charge in [-0.3, -0.25) is 9.48 Å². The van der Waals surface area contributed by atoms with E-state index in [0.717, 1.165) is 16.8 Å². The predicted molar refractivity (Wildman–Crippen MR) is 80.8 cm³/mol. The molecule has 1 atom stereocenters. The number of halogens is 1. The van der Waals surface area contributed by atoms with Crippen LogP contribution >= 0.6 is 15.9 Å². The van der Waals surface area contributed by atoms with Crippen LogP contribution in [0.15, 0.2) is 16.9 Å². The number of nitrogens with zero attached hydrogens (tertiary/aromatic N) is 2. The van der Waals surface area contributed by atoms with E-state index in [1.165, 1.54) is 12.8 Å². The van der Waals surface area contributed by atoms with Crippen molar-refractivity contribution in [1.82, 2.24) is 15.1 Å². The minimum absolute atomic E-state index is 0.101. The van der Waals surface area contributed by atoms with Crippen molar-refractivity contribution in [2.45, 2.75) is 59.0 Å². The van der Waals surface area contributed by atoms with E-state index in [9.17, 15) is 4.79 Å². The standard InChI is InChI=1S/C14H24BrN3O/c1-11(2)5-4-6-12(3)17-14(19)7-8-18-10-13(15)9-16-18/h9-12H,4-8H2,1-3H3,(H,17,19). The van der Waals surface area contributed by atoms with Crippen LogP contribution in [0.25, 0.3) is 0 Å². The molecule has 1 aromatic rings. The van der Waals surface area contributed by atoms with Gasteiger partial charge in [0.15, 0.2) is 0 Å². The zero-order valence-corrected chi connectivity index (χ0v) is 13.6. The van der Waals surface area contributed by atoms with Gasteiger partial charge in [-0.2, -0.15) is 5.10 Å². The van der Waals surface area contributed by atoms with Gasteiger partial charge >= 0.3 is 0 Å². The molecule has 1 N–H and O–H groups in total. The molecule has 5 heteroatoms. The Hall–Kier alpha value is -0.840. The van der Waals surface area contributed by atoms with E-state index in [2.05, 4.69) is 47.1 Å². The van der Waals surface area contributed by atoms with Gasteiger partial charge in [0.25, 0.3) is 0 Å². The van der Waals surface area contributed by atoms with Gasteiger partial charge in [-0.1, -0.05) is 26.7 Å². The first kappa shape index (κ1) is 16.2. The van der Waals surface area contributed by atoms with E-state index < -0.39 is 0 Å². The molecular formula is C14H24BrN3O. The van der Waals surface area contributed by atoms with Gasteiger partial charge in [-0.15, -0.1) is 0 Å². The van der Waals surface area contributed by atoms with Crippen LogP contribution in [0.5, 0.6) is 0 Å². The maximum Gasteiger partial charge on any atom is 0.222 e. The highest BCUT2D eigenvalue weighted by atomic mass is 79.9. The second-order valence-electron chi connectivity index (χ2n) is 5.46. The lowest BCUT2D eigenvalue weighted by Crippen LogP contribution is -2.33. The summed E-state index contributed by atoms with van der Waals surface area (Å²) in [7, 11) is 0. The van der Waals surface area contributed by atoms with Gasteiger partial charge in [0.2, 0.25) is 5.91 Å². The first-order valence-corrected chi connectivity index (χ1v) is 7.74. The second-order valence-corrected chi connectivity index (χ2v) is 6.38. The fourth-order valence-corrected chi connectivity index (χ4v) is 2.26. The average molecular weight is 330 g/mol. The SMILES string of the molecule is CC(C)CCCC(C)NC(=O)CCn1cc(Br)cn1. The number of amides is 1. The van der Waals surface area contributed by atoms with Crippen molar-refractivity contribution in [2.75, 3.05) is 0 Å². The second kappa shape index (κ2) is 8.35. The van der Waals surface area contributed by atoms with Crippen molar-refractivity contribution in [3.8, 4) is 0 Å². The highest BCUT2D eigenvalue weighted by Gasteiger charge is 2.08. The van der Waals surface area contributed by atoms with Crippen LogP contribution in [0.4, 0.5) is 0 Å². The molecule has 1 heterocycles. The molecule has 1 unspecified atom stereocenters. The van der Waals surface area contributed by atoms with Crippen LogP contribution in [0.2, 0.25) is 0 Å². The molecule has 0 spiro atoms. The summed E-state index contributed by atoms with van der Waals surface area (Å²) in [5.41, 5.74) is 0. The van der Waals surface area contributed by atoms with Crippen molar-refractivity contribution in [3.63, 3.8) is 0 Å². The smallest absolute Gasteiger partial charge is 0.222 e. The van der Waals surface area contributed by atoms with Gasteiger partial charge in [0, 0.05) is 25.2 Å². The third-order valence-electron chi connectivity index (χ3n) is 3.00. The molecule has 0 saturated carbocycles. The van der Waals surface area contributed by atoms with Crippen molar-refractivity contribution in [1.29, 1.82) is 0 Å². The zero-order valence-electron chi connectivity index (χ0n) is 12.0. The first-order valence-electron chi connectivity index (χ1n) is 6.94. The number of carbonyl (C=O) groups is 1. The number of aromatic nitrogens is 2. The molecule has 0 bridgehead atoms. The Labute approximate surface area is 124 Å². The number of aryl methyl sites for hydroxylation is 1. The summed E-state index contributed by atoms with van der Waals surface area (Å²) >= 11 is 3.34. The Morgan fingerprint density at radius 2 is 2.16 bits per heavy atom. The Bertz CT molecular complexity index is 390. The molecule has 1 rings (SSSR count). The number of carbonyl (C=O) groups excluding carboxylic acids is 1. The molecule has 0 aliphatic carbocycles. The fraction of sp³-hybridized carbons (Fsp3) is 0.714. The summed E-state index contributed by atoms with van der Waals surface area (Å²) in [4.78, 5) is 11.8. The normalized spacial score (nSPS) is 12.7. The topological polar surface area (TPSA) is 46.9 Å². The molecule has 1 amide bonds. The molecule has 0 fully saturated rings. The van der Waals surface area contributed by atoms with Crippen LogP contribution in [-0.2, 0) is 11.3 Å². The van der Waals surface area contributed by atoms with Crippen LogP contribution in [0.3, 0.4) is 0 Å². The molecule has 0 aromatic carbocycles. The van der Waals surface area contributed by atoms with E-state index in [-0.39, 0.29) is 11.9 Å². The van der Waals surface area contributed by atoms with Crippen LogP contribution < -0.4 is 5.32 Å². The number of rotatable bonds is 8. The lowest BCUT2D eigenvalue weighted by atomic mass is 10.0. The molecular weight excluding hydrogens is 306 g/mol. The quantitative estimate of drug-likeness (QED) is 0.794.